The van der Waals surface area contributed by atoms with Crippen LogP contribution >= 0.6 is 0 Å². The molecule has 0 spiro atoms. The second-order valence-corrected chi connectivity index (χ2v) is 17.9. The van der Waals surface area contributed by atoms with Gasteiger partial charge in [-0.25, -0.2) is 0 Å². The number of hydrogen-bond donors (Lipinski definition) is 4. The second-order valence-electron chi connectivity index (χ2n) is 16.4. The van der Waals surface area contributed by atoms with Crippen LogP contribution in [0.1, 0.15) is 181 Å². The summed E-state index contributed by atoms with van der Waals surface area (Å²) in [5.74, 6) is -2.00. The average Bonchev–Trinajstić information content (AvgIpc) is 3.24. The highest BCUT2D eigenvalue weighted by molar-refractivity contribution is 7.85. The quantitative estimate of drug-likeness (QED) is 0.0198. The van der Waals surface area contributed by atoms with Crippen LogP contribution in [0.4, 0.5) is 0 Å². The molecule has 6 unspecified atom stereocenters. The number of carbonyl (C=O) groups is 2. The van der Waals surface area contributed by atoms with Gasteiger partial charge in [0.15, 0.2) is 12.4 Å². The summed E-state index contributed by atoms with van der Waals surface area (Å²) in [6.45, 7) is 3.59. The predicted molar refractivity (Wildman–Crippen MR) is 247 cm³/mol. The summed E-state index contributed by atoms with van der Waals surface area (Å²) in [6.07, 6.45) is 38.4. The maximum Gasteiger partial charge on any atom is 0.306 e. The maximum atomic E-state index is 12.8. The molecule has 0 bridgehead atoms. The first-order valence-corrected chi connectivity index (χ1v) is 25.5. The van der Waals surface area contributed by atoms with E-state index < -0.39 is 71.2 Å². The Balaban J connectivity index is 2.37. The third-order valence-corrected chi connectivity index (χ3v) is 11.3. The molecule has 0 aliphatic carbocycles. The van der Waals surface area contributed by atoms with Crippen LogP contribution in [-0.2, 0) is 38.7 Å². The Labute approximate surface area is 375 Å². The summed E-state index contributed by atoms with van der Waals surface area (Å²) in [5.41, 5.74) is 0. The zero-order valence-electron chi connectivity index (χ0n) is 38.2. The zero-order valence-corrected chi connectivity index (χ0v) is 39.0. The van der Waals surface area contributed by atoms with E-state index in [1.54, 1.807) is 0 Å². The number of esters is 2. The highest BCUT2D eigenvalue weighted by Crippen LogP contribution is 2.24. The molecule has 0 saturated carbocycles. The van der Waals surface area contributed by atoms with Crippen molar-refractivity contribution in [2.45, 2.75) is 218 Å². The molecule has 1 fully saturated rings. The average molecular weight is 897 g/mol. The van der Waals surface area contributed by atoms with Gasteiger partial charge in [-0.1, -0.05) is 158 Å². The molecule has 0 aromatic heterocycles. The van der Waals surface area contributed by atoms with Crippen molar-refractivity contribution in [3.63, 3.8) is 0 Å². The van der Waals surface area contributed by atoms with Crippen molar-refractivity contribution in [1.82, 2.24) is 0 Å². The number of hydrogen-bond acceptors (Lipinski definition) is 11. The van der Waals surface area contributed by atoms with E-state index in [-0.39, 0.29) is 19.4 Å². The van der Waals surface area contributed by atoms with Crippen LogP contribution in [0, 0.1) is 0 Å². The van der Waals surface area contributed by atoms with Gasteiger partial charge in [-0.15, -0.1) is 0 Å². The second kappa shape index (κ2) is 38.8. The van der Waals surface area contributed by atoms with Gasteiger partial charge in [-0.3, -0.25) is 14.1 Å². The zero-order chi connectivity index (χ0) is 45.5. The van der Waals surface area contributed by atoms with Gasteiger partial charge < -0.3 is 34.3 Å². The molecule has 1 saturated heterocycles. The van der Waals surface area contributed by atoms with Gasteiger partial charge >= 0.3 is 11.9 Å². The van der Waals surface area contributed by atoms with Gasteiger partial charge in [-0.2, -0.15) is 8.42 Å². The van der Waals surface area contributed by atoms with Gasteiger partial charge in [0.2, 0.25) is 0 Å². The van der Waals surface area contributed by atoms with Crippen molar-refractivity contribution in [2.24, 2.45) is 0 Å². The Bertz CT molecular complexity index is 1370. The van der Waals surface area contributed by atoms with E-state index in [2.05, 4.69) is 74.6 Å². The highest BCUT2D eigenvalue weighted by Gasteiger charge is 2.46. The Kier molecular flexibility index (Phi) is 35.9. The van der Waals surface area contributed by atoms with Crippen LogP contribution in [-0.4, -0.2) is 96.0 Å². The Morgan fingerprint density at radius 1 is 0.565 bits per heavy atom. The van der Waals surface area contributed by atoms with Crippen LogP contribution in [0.3, 0.4) is 0 Å². The number of allylic oxidation sites excluding steroid dienone is 10. The first-order chi connectivity index (χ1) is 30.0. The van der Waals surface area contributed by atoms with Crippen molar-refractivity contribution < 1.29 is 56.8 Å². The summed E-state index contributed by atoms with van der Waals surface area (Å²) >= 11 is 0. The molecule has 4 N–H and O–H groups in total. The molecule has 1 heterocycles. The molecule has 1 aliphatic heterocycles. The molecule has 1 aliphatic rings. The van der Waals surface area contributed by atoms with Crippen molar-refractivity contribution in [3.8, 4) is 0 Å². The molecule has 0 aromatic rings. The number of aliphatic hydroxyl groups excluding tert-OH is 3. The molecule has 6 atom stereocenters. The number of unbranched alkanes of at least 4 members (excludes halogenated alkanes) is 17. The monoisotopic (exact) mass is 897 g/mol. The van der Waals surface area contributed by atoms with Crippen molar-refractivity contribution in [1.29, 1.82) is 0 Å². The highest BCUT2D eigenvalue weighted by atomic mass is 32.2. The normalized spacial score (nSPS) is 20.4. The molecule has 0 radical (unpaired) electrons. The molecule has 0 aromatic carbocycles. The Morgan fingerprint density at radius 2 is 1.02 bits per heavy atom. The minimum atomic E-state index is -4.61. The van der Waals surface area contributed by atoms with E-state index in [1.807, 2.05) is 0 Å². The summed E-state index contributed by atoms with van der Waals surface area (Å²) < 4.78 is 54.1. The van der Waals surface area contributed by atoms with Gasteiger partial charge in [0.05, 0.1) is 6.61 Å². The fourth-order valence-corrected chi connectivity index (χ4v) is 7.57. The molecule has 62 heavy (non-hydrogen) atoms. The van der Waals surface area contributed by atoms with Crippen molar-refractivity contribution in [3.05, 3.63) is 60.8 Å². The standard InChI is InChI=1S/C49H84O12S/c1-3-5-7-9-11-13-15-16-17-18-19-20-21-22-23-24-25-26-28-30-32-34-36-38-45(51)60-42(39-58-44(50)37-35-33-31-29-27-14-12-10-8-6-4-2)40-59-49-48(54)47(53)46(52)43(61-49)41-62(55,56)57/h5,7,10-13,16-17,19-20,42-43,46-49,52-54H,3-4,6,8-9,14-15,18,21-41H2,1-2H3,(H,55,56,57)/b7-5-,12-10-,13-11-,17-16-,20-19-. The van der Waals surface area contributed by atoms with Crippen molar-refractivity contribution >= 4 is 22.1 Å². The van der Waals surface area contributed by atoms with E-state index in [0.29, 0.717) is 12.8 Å². The van der Waals surface area contributed by atoms with E-state index in [4.69, 9.17) is 18.9 Å². The third kappa shape index (κ3) is 32.9. The lowest BCUT2D eigenvalue weighted by atomic mass is 10.00. The number of rotatable bonds is 39. The van der Waals surface area contributed by atoms with Crippen LogP contribution in [0.5, 0.6) is 0 Å². The largest absolute Gasteiger partial charge is 0.462 e. The van der Waals surface area contributed by atoms with Gasteiger partial charge in [0.25, 0.3) is 10.1 Å². The first kappa shape index (κ1) is 57.4. The Hall–Kier alpha value is -2.65. The number of aliphatic hydroxyl groups is 3. The molecule has 1 rings (SSSR count). The van der Waals surface area contributed by atoms with E-state index >= 15 is 0 Å². The number of ether oxygens (including phenoxy) is 4. The van der Waals surface area contributed by atoms with Crippen molar-refractivity contribution in [2.75, 3.05) is 19.0 Å². The van der Waals surface area contributed by atoms with Gasteiger partial charge in [0.1, 0.15) is 36.8 Å². The lowest BCUT2D eigenvalue weighted by Gasteiger charge is -2.40. The van der Waals surface area contributed by atoms with Crippen LogP contribution in [0.25, 0.3) is 0 Å². The molecule has 358 valence electrons. The number of carbonyl (C=O) groups excluding carboxylic acids is 2. The molecule has 13 heteroatoms. The summed E-state index contributed by atoms with van der Waals surface area (Å²) in [6, 6.07) is 0. The summed E-state index contributed by atoms with van der Waals surface area (Å²) in [7, 11) is -4.61. The lowest BCUT2D eigenvalue weighted by Crippen LogP contribution is -2.60. The molecule has 0 amide bonds. The third-order valence-electron chi connectivity index (χ3n) is 10.6. The first-order valence-electron chi connectivity index (χ1n) is 23.8. The Morgan fingerprint density at radius 3 is 1.53 bits per heavy atom. The van der Waals surface area contributed by atoms with Crippen LogP contribution < -0.4 is 0 Å². The molecular weight excluding hydrogens is 813 g/mol. The predicted octanol–water partition coefficient (Wildman–Crippen LogP) is 10.1. The molecular formula is C49H84O12S. The lowest BCUT2D eigenvalue weighted by molar-refractivity contribution is -0.297. The minimum absolute atomic E-state index is 0.155. The van der Waals surface area contributed by atoms with E-state index in [0.717, 1.165) is 96.3 Å². The van der Waals surface area contributed by atoms with E-state index in [1.165, 1.54) is 44.9 Å². The SMILES string of the molecule is CC/C=C\C/C=C\C/C=C\C/C=C\CCCCCCCCCCCCC(=O)OC(COC(=O)CCCCCCC/C=C\CCCC)COC1OC(CS(=O)(=O)O)C(O)C(O)C1O. The minimum Gasteiger partial charge on any atom is -0.462 e. The topological polar surface area (TPSA) is 186 Å². The summed E-state index contributed by atoms with van der Waals surface area (Å²) in [4.78, 5) is 25.4. The van der Waals surface area contributed by atoms with Gasteiger partial charge in [0, 0.05) is 12.8 Å². The maximum absolute atomic E-state index is 12.8. The summed E-state index contributed by atoms with van der Waals surface area (Å²) in [5, 5.41) is 30.9. The van der Waals surface area contributed by atoms with Crippen LogP contribution in [0.15, 0.2) is 60.8 Å². The molecule has 12 nitrogen and oxygen atoms in total. The fourth-order valence-electron chi connectivity index (χ4n) is 6.88. The van der Waals surface area contributed by atoms with Crippen LogP contribution in [0.2, 0.25) is 0 Å². The fraction of sp³-hybridized carbons (Fsp3) is 0.755. The van der Waals surface area contributed by atoms with E-state index in [9.17, 15) is 37.9 Å². The smallest absolute Gasteiger partial charge is 0.306 e. The van der Waals surface area contributed by atoms with Gasteiger partial charge in [-0.05, 0) is 70.6 Å².